The van der Waals surface area contributed by atoms with E-state index in [-0.39, 0.29) is 18.6 Å². The van der Waals surface area contributed by atoms with Crippen LogP contribution >= 0.6 is 0 Å². The molecule has 1 fully saturated rings. The molecule has 0 radical (unpaired) electrons. The van der Waals surface area contributed by atoms with E-state index < -0.39 is 30.4 Å². The molecule has 2 aromatic carbocycles. The molecule has 8 heteroatoms. The van der Waals surface area contributed by atoms with E-state index in [1.807, 2.05) is 48.5 Å². The SMILES string of the molecule is O=C(O)CC(NC(=O)OCC1c2ccccc2-c2ccccc21)C(=O)NC1CCOC1. The lowest BCUT2D eigenvalue weighted by Crippen LogP contribution is -2.50. The van der Waals surface area contributed by atoms with Gasteiger partial charge in [-0.25, -0.2) is 4.79 Å². The van der Waals surface area contributed by atoms with Crippen LogP contribution in [0.1, 0.15) is 29.9 Å². The first kappa shape index (κ1) is 20.9. The van der Waals surface area contributed by atoms with Crippen LogP contribution in [0, 0.1) is 0 Å². The smallest absolute Gasteiger partial charge is 0.407 e. The quantitative estimate of drug-likeness (QED) is 0.628. The molecule has 0 saturated carbocycles. The second kappa shape index (κ2) is 9.18. The van der Waals surface area contributed by atoms with Crippen LogP contribution in [0.2, 0.25) is 0 Å². The molecule has 1 aliphatic carbocycles. The molecule has 1 heterocycles. The number of amides is 2. The average molecular weight is 424 g/mol. The summed E-state index contributed by atoms with van der Waals surface area (Å²) in [7, 11) is 0. The van der Waals surface area contributed by atoms with Gasteiger partial charge in [-0.05, 0) is 28.7 Å². The predicted octanol–water partition coefficient (Wildman–Crippen LogP) is 2.27. The number of hydrogen-bond donors (Lipinski definition) is 3. The number of aliphatic carboxylic acids is 1. The monoisotopic (exact) mass is 424 g/mol. The van der Waals surface area contributed by atoms with Crippen LogP contribution in [-0.2, 0) is 19.1 Å². The number of carboxylic acids is 1. The minimum Gasteiger partial charge on any atom is -0.481 e. The van der Waals surface area contributed by atoms with Crippen molar-refractivity contribution < 1.29 is 29.0 Å². The average Bonchev–Trinajstić information content (AvgIpc) is 3.37. The van der Waals surface area contributed by atoms with E-state index in [4.69, 9.17) is 14.6 Å². The number of hydrogen-bond acceptors (Lipinski definition) is 5. The van der Waals surface area contributed by atoms with Crippen LogP contribution in [0.15, 0.2) is 48.5 Å². The highest BCUT2D eigenvalue weighted by Gasteiger charge is 2.31. The Kier molecular flexibility index (Phi) is 6.18. The van der Waals surface area contributed by atoms with Gasteiger partial charge in [-0.2, -0.15) is 0 Å². The molecule has 2 aromatic rings. The van der Waals surface area contributed by atoms with E-state index in [2.05, 4.69) is 10.6 Å². The Hall–Kier alpha value is -3.39. The molecule has 8 nitrogen and oxygen atoms in total. The minimum atomic E-state index is -1.23. The number of carbonyl (C=O) groups is 3. The van der Waals surface area contributed by atoms with Gasteiger partial charge in [-0.3, -0.25) is 9.59 Å². The fourth-order valence-electron chi connectivity index (χ4n) is 4.12. The molecule has 4 rings (SSSR count). The van der Waals surface area contributed by atoms with Crippen molar-refractivity contribution in [3.05, 3.63) is 59.7 Å². The van der Waals surface area contributed by atoms with Crippen LogP contribution in [0.3, 0.4) is 0 Å². The molecule has 3 N–H and O–H groups in total. The molecular weight excluding hydrogens is 400 g/mol. The molecule has 0 aromatic heterocycles. The standard InChI is InChI=1S/C23H24N2O6/c26-21(27)11-20(22(28)24-14-9-10-30-12-14)25-23(29)31-13-19-17-7-3-1-5-15(17)16-6-2-4-8-18(16)19/h1-8,14,19-20H,9-13H2,(H,24,28)(H,25,29)(H,26,27). The van der Waals surface area contributed by atoms with E-state index in [0.717, 1.165) is 22.3 Å². The summed E-state index contributed by atoms with van der Waals surface area (Å²) in [6.07, 6.45) is -0.717. The molecule has 0 bridgehead atoms. The molecule has 1 saturated heterocycles. The predicted molar refractivity (Wildman–Crippen MR) is 112 cm³/mol. The highest BCUT2D eigenvalue weighted by molar-refractivity contribution is 5.89. The molecular formula is C23H24N2O6. The van der Waals surface area contributed by atoms with Gasteiger partial charge in [0.2, 0.25) is 5.91 Å². The van der Waals surface area contributed by atoms with E-state index in [1.165, 1.54) is 0 Å². The van der Waals surface area contributed by atoms with Crippen LogP contribution in [0.5, 0.6) is 0 Å². The van der Waals surface area contributed by atoms with E-state index in [9.17, 15) is 14.4 Å². The Labute approximate surface area is 179 Å². The van der Waals surface area contributed by atoms with Gasteiger partial charge < -0.3 is 25.2 Å². The fraction of sp³-hybridized carbons (Fsp3) is 0.348. The molecule has 1 aliphatic heterocycles. The summed E-state index contributed by atoms with van der Waals surface area (Å²) < 4.78 is 10.6. The summed E-state index contributed by atoms with van der Waals surface area (Å²) in [6.45, 7) is 0.989. The van der Waals surface area contributed by atoms with Gasteiger partial charge in [0.1, 0.15) is 12.6 Å². The van der Waals surface area contributed by atoms with Crippen molar-refractivity contribution in [1.82, 2.24) is 10.6 Å². The van der Waals surface area contributed by atoms with Crippen molar-refractivity contribution in [1.29, 1.82) is 0 Å². The van der Waals surface area contributed by atoms with Crippen molar-refractivity contribution in [3.63, 3.8) is 0 Å². The number of fused-ring (bicyclic) bond motifs is 3. The van der Waals surface area contributed by atoms with E-state index >= 15 is 0 Å². The molecule has 2 unspecified atom stereocenters. The van der Waals surface area contributed by atoms with Crippen molar-refractivity contribution in [3.8, 4) is 11.1 Å². The molecule has 162 valence electrons. The van der Waals surface area contributed by atoms with Crippen molar-refractivity contribution in [2.45, 2.75) is 30.8 Å². The van der Waals surface area contributed by atoms with Crippen LogP contribution in [0.4, 0.5) is 4.79 Å². The summed E-state index contributed by atoms with van der Waals surface area (Å²) in [5.41, 5.74) is 4.35. The Bertz CT molecular complexity index is 940. The van der Waals surface area contributed by atoms with Crippen molar-refractivity contribution in [2.75, 3.05) is 19.8 Å². The molecule has 2 amide bonds. The zero-order chi connectivity index (χ0) is 21.8. The maximum Gasteiger partial charge on any atom is 0.407 e. The zero-order valence-corrected chi connectivity index (χ0v) is 16.9. The van der Waals surface area contributed by atoms with Gasteiger partial charge in [0.15, 0.2) is 0 Å². The Balaban J connectivity index is 1.40. The van der Waals surface area contributed by atoms with E-state index in [0.29, 0.717) is 19.6 Å². The summed E-state index contributed by atoms with van der Waals surface area (Å²) in [5.74, 6) is -1.88. The van der Waals surface area contributed by atoms with Crippen LogP contribution in [-0.4, -0.2) is 55.0 Å². The number of rotatable bonds is 7. The molecule has 2 atom stereocenters. The normalized spacial score (nSPS) is 18.0. The number of carboxylic acid groups (broad SMARTS) is 1. The number of ether oxygens (including phenoxy) is 2. The summed E-state index contributed by atoms with van der Waals surface area (Å²) in [4.78, 5) is 36.1. The first-order valence-electron chi connectivity index (χ1n) is 10.2. The Morgan fingerprint density at radius 2 is 1.71 bits per heavy atom. The summed E-state index contributed by atoms with van der Waals surface area (Å²) in [6, 6.07) is 14.5. The topological polar surface area (TPSA) is 114 Å². The lowest BCUT2D eigenvalue weighted by Gasteiger charge is -2.20. The Morgan fingerprint density at radius 3 is 2.29 bits per heavy atom. The van der Waals surface area contributed by atoms with Gasteiger partial charge in [0, 0.05) is 12.5 Å². The van der Waals surface area contributed by atoms with E-state index in [1.54, 1.807) is 0 Å². The molecule has 2 aliphatic rings. The summed E-state index contributed by atoms with van der Waals surface area (Å²) >= 11 is 0. The lowest BCUT2D eigenvalue weighted by atomic mass is 9.98. The second-order valence-corrected chi connectivity index (χ2v) is 7.69. The second-order valence-electron chi connectivity index (χ2n) is 7.69. The van der Waals surface area contributed by atoms with Crippen LogP contribution in [0.25, 0.3) is 11.1 Å². The number of carbonyl (C=O) groups excluding carboxylic acids is 2. The first-order chi connectivity index (χ1) is 15.0. The molecule has 31 heavy (non-hydrogen) atoms. The molecule has 0 spiro atoms. The van der Waals surface area contributed by atoms with Gasteiger partial charge in [-0.15, -0.1) is 0 Å². The van der Waals surface area contributed by atoms with Gasteiger partial charge in [0.25, 0.3) is 0 Å². The van der Waals surface area contributed by atoms with Crippen molar-refractivity contribution in [2.24, 2.45) is 0 Å². The van der Waals surface area contributed by atoms with Gasteiger partial charge in [0.05, 0.1) is 19.1 Å². The van der Waals surface area contributed by atoms with Gasteiger partial charge >= 0.3 is 12.1 Å². The number of benzene rings is 2. The highest BCUT2D eigenvalue weighted by Crippen LogP contribution is 2.44. The zero-order valence-electron chi connectivity index (χ0n) is 16.9. The minimum absolute atomic E-state index is 0.0811. The maximum absolute atomic E-state index is 12.5. The van der Waals surface area contributed by atoms with Crippen LogP contribution < -0.4 is 10.6 Å². The number of nitrogens with one attached hydrogen (secondary N) is 2. The lowest BCUT2D eigenvalue weighted by molar-refractivity contribution is -0.140. The Morgan fingerprint density at radius 1 is 1.06 bits per heavy atom. The third-order valence-corrected chi connectivity index (χ3v) is 5.61. The van der Waals surface area contributed by atoms with Crippen molar-refractivity contribution >= 4 is 18.0 Å². The fourth-order valence-corrected chi connectivity index (χ4v) is 4.12. The maximum atomic E-state index is 12.5. The number of alkyl carbamates (subject to hydrolysis) is 1. The summed E-state index contributed by atoms with van der Waals surface area (Å²) in [5, 5.41) is 14.2. The highest BCUT2D eigenvalue weighted by atomic mass is 16.5. The van der Waals surface area contributed by atoms with Gasteiger partial charge in [-0.1, -0.05) is 48.5 Å². The third-order valence-electron chi connectivity index (χ3n) is 5.61. The first-order valence-corrected chi connectivity index (χ1v) is 10.2. The largest absolute Gasteiger partial charge is 0.481 e. The third kappa shape index (κ3) is 4.69.